The van der Waals surface area contributed by atoms with Crippen LogP contribution in [0.1, 0.15) is 23.6 Å². The number of amides is 2. The average Bonchev–Trinajstić information content (AvgIpc) is 2.80. The highest BCUT2D eigenvalue weighted by Gasteiger charge is 2.36. The lowest BCUT2D eigenvalue weighted by atomic mass is 9.83. The van der Waals surface area contributed by atoms with E-state index in [1.165, 1.54) is 0 Å². The van der Waals surface area contributed by atoms with Gasteiger partial charge in [-0.05, 0) is 54.3 Å². The number of carbonyl (C=O) groups excluding carboxylic acids is 1. The third kappa shape index (κ3) is 3.59. The molecule has 1 fully saturated rings. The number of nitrogens with one attached hydrogen (secondary N) is 1. The fraction of sp³-hybridized carbons (Fsp3) is 0.240. The maximum Gasteiger partial charge on any atom is 0.321 e. The summed E-state index contributed by atoms with van der Waals surface area (Å²) >= 11 is 0. The summed E-state index contributed by atoms with van der Waals surface area (Å²) < 4.78 is 1.87. The molecule has 1 aromatic heterocycles. The Labute approximate surface area is 180 Å². The molecule has 0 aliphatic carbocycles. The highest BCUT2D eigenvalue weighted by molar-refractivity contribution is 5.89. The Hall–Kier alpha value is -3.85. The normalized spacial score (nSPS) is 19.3. The zero-order chi connectivity index (χ0) is 21.4. The molecule has 154 valence electrons. The SMILES string of the molecule is N#Cc1cccc(-c2ccc3n(c2=O)C[C@H]2C[C@@H]3CN(C(=O)Nc3ccccc3)C2)c1. The van der Waals surface area contributed by atoms with Crippen molar-refractivity contribution in [2.24, 2.45) is 5.92 Å². The molecular formula is C25H22N4O2. The number of hydrogen-bond acceptors (Lipinski definition) is 3. The average molecular weight is 410 g/mol. The Morgan fingerprint density at radius 3 is 2.65 bits per heavy atom. The van der Waals surface area contributed by atoms with Crippen molar-refractivity contribution < 1.29 is 4.79 Å². The van der Waals surface area contributed by atoms with Crippen LogP contribution in [-0.4, -0.2) is 28.6 Å². The number of nitrogens with zero attached hydrogens (tertiary/aromatic N) is 3. The first kappa shape index (κ1) is 19.1. The van der Waals surface area contributed by atoms with Gasteiger partial charge in [0.1, 0.15) is 0 Å². The smallest absolute Gasteiger partial charge is 0.321 e. The van der Waals surface area contributed by atoms with E-state index in [2.05, 4.69) is 11.4 Å². The summed E-state index contributed by atoms with van der Waals surface area (Å²) in [4.78, 5) is 28.0. The number of pyridine rings is 1. The summed E-state index contributed by atoms with van der Waals surface area (Å²) in [5, 5.41) is 12.1. The Kier molecular flexibility index (Phi) is 4.79. The molecule has 2 amide bonds. The number of rotatable bonds is 2. The summed E-state index contributed by atoms with van der Waals surface area (Å²) in [6.45, 7) is 1.83. The molecule has 2 aromatic carbocycles. The van der Waals surface area contributed by atoms with Gasteiger partial charge in [0.25, 0.3) is 5.56 Å². The van der Waals surface area contributed by atoms with Crippen LogP contribution in [0.4, 0.5) is 10.5 Å². The fourth-order valence-corrected chi connectivity index (χ4v) is 4.81. The second-order valence-electron chi connectivity index (χ2n) is 8.28. The van der Waals surface area contributed by atoms with E-state index >= 15 is 0 Å². The summed E-state index contributed by atoms with van der Waals surface area (Å²) in [6, 6.07) is 22.5. The van der Waals surface area contributed by atoms with Gasteiger partial charge in [-0.15, -0.1) is 0 Å². The lowest BCUT2D eigenvalue weighted by Gasteiger charge is -2.42. The van der Waals surface area contributed by atoms with Crippen molar-refractivity contribution in [1.82, 2.24) is 9.47 Å². The number of carbonyl (C=O) groups is 1. The minimum Gasteiger partial charge on any atom is -0.324 e. The Balaban J connectivity index is 1.41. The lowest BCUT2D eigenvalue weighted by Crippen LogP contribution is -2.50. The maximum atomic E-state index is 13.3. The molecule has 1 saturated heterocycles. The molecule has 3 aromatic rings. The van der Waals surface area contributed by atoms with E-state index < -0.39 is 0 Å². The molecule has 3 heterocycles. The van der Waals surface area contributed by atoms with E-state index in [1.807, 2.05) is 58.0 Å². The Morgan fingerprint density at radius 2 is 1.84 bits per heavy atom. The number of fused-ring (bicyclic) bond motifs is 4. The van der Waals surface area contributed by atoms with Gasteiger partial charge < -0.3 is 14.8 Å². The first-order valence-corrected chi connectivity index (χ1v) is 10.5. The van der Waals surface area contributed by atoms with E-state index in [0.717, 1.165) is 23.4 Å². The number of anilines is 1. The fourth-order valence-electron chi connectivity index (χ4n) is 4.81. The number of likely N-dealkylation sites (tertiary alicyclic amines) is 1. The molecule has 0 radical (unpaired) electrons. The summed E-state index contributed by atoms with van der Waals surface area (Å²) in [5.74, 6) is 0.382. The van der Waals surface area contributed by atoms with E-state index in [9.17, 15) is 14.9 Å². The first-order valence-electron chi connectivity index (χ1n) is 10.5. The van der Waals surface area contributed by atoms with Crippen LogP contribution in [0.5, 0.6) is 0 Å². The third-order valence-electron chi connectivity index (χ3n) is 6.22. The number of piperidine rings is 1. The van der Waals surface area contributed by atoms with E-state index in [4.69, 9.17) is 0 Å². The summed E-state index contributed by atoms with van der Waals surface area (Å²) in [5.41, 5.74) is 3.65. The molecular weight excluding hydrogens is 388 g/mol. The molecule has 2 bridgehead atoms. The lowest BCUT2D eigenvalue weighted by molar-refractivity contribution is 0.139. The van der Waals surface area contributed by atoms with Crippen molar-refractivity contribution in [2.75, 3.05) is 18.4 Å². The third-order valence-corrected chi connectivity index (χ3v) is 6.22. The molecule has 0 unspecified atom stereocenters. The summed E-state index contributed by atoms with van der Waals surface area (Å²) in [6.07, 6.45) is 0.984. The van der Waals surface area contributed by atoms with Gasteiger partial charge in [-0.2, -0.15) is 5.26 Å². The molecule has 31 heavy (non-hydrogen) atoms. The predicted molar refractivity (Wildman–Crippen MR) is 119 cm³/mol. The zero-order valence-corrected chi connectivity index (χ0v) is 17.0. The standard InChI is InChI=1S/C25H22N4O2/c26-13-17-5-4-6-19(11-17)22-9-10-23-20-12-18(15-29(23)24(22)30)14-28(16-20)25(31)27-21-7-2-1-3-8-21/h1-11,18,20H,12,14-16H2,(H,27,31)/t18-,20+/m0/s1. The molecule has 6 nitrogen and oxygen atoms in total. The van der Waals surface area contributed by atoms with Gasteiger partial charge in [0, 0.05) is 42.5 Å². The Morgan fingerprint density at radius 1 is 1.00 bits per heavy atom. The van der Waals surface area contributed by atoms with Crippen molar-refractivity contribution >= 4 is 11.7 Å². The van der Waals surface area contributed by atoms with Crippen LogP contribution in [0.3, 0.4) is 0 Å². The second kappa shape index (κ2) is 7.77. The molecule has 2 aliphatic heterocycles. The summed E-state index contributed by atoms with van der Waals surface area (Å²) in [7, 11) is 0. The zero-order valence-electron chi connectivity index (χ0n) is 17.0. The topological polar surface area (TPSA) is 78.1 Å². The van der Waals surface area contributed by atoms with Crippen molar-refractivity contribution in [3.05, 3.63) is 88.3 Å². The number of hydrogen-bond donors (Lipinski definition) is 1. The molecule has 5 rings (SSSR count). The molecule has 0 saturated carbocycles. The van der Waals surface area contributed by atoms with Gasteiger partial charge in [0.2, 0.25) is 0 Å². The largest absolute Gasteiger partial charge is 0.324 e. The van der Waals surface area contributed by atoms with Crippen LogP contribution >= 0.6 is 0 Å². The van der Waals surface area contributed by atoms with Crippen molar-refractivity contribution in [2.45, 2.75) is 18.9 Å². The van der Waals surface area contributed by atoms with E-state index in [1.54, 1.807) is 18.2 Å². The number of nitriles is 1. The van der Waals surface area contributed by atoms with Crippen molar-refractivity contribution in [1.29, 1.82) is 5.26 Å². The Bertz CT molecular complexity index is 1240. The highest BCUT2D eigenvalue weighted by Crippen LogP contribution is 2.36. The molecule has 2 atom stereocenters. The minimum atomic E-state index is -0.0957. The van der Waals surface area contributed by atoms with Gasteiger partial charge in [0.15, 0.2) is 0 Å². The number of para-hydroxylation sites is 1. The molecule has 0 spiro atoms. The predicted octanol–water partition coefficient (Wildman–Crippen LogP) is 4.04. The van der Waals surface area contributed by atoms with E-state index in [-0.39, 0.29) is 23.4 Å². The van der Waals surface area contributed by atoms with Crippen molar-refractivity contribution in [3.8, 4) is 17.2 Å². The van der Waals surface area contributed by atoms with Gasteiger partial charge in [-0.3, -0.25) is 4.79 Å². The van der Waals surface area contributed by atoms with Gasteiger partial charge >= 0.3 is 6.03 Å². The van der Waals surface area contributed by atoms with Gasteiger partial charge in [-0.1, -0.05) is 30.3 Å². The van der Waals surface area contributed by atoms with Crippen LogP contribution < -0.4 is 10.9 Å². The van der Waals surface area contributed by atoms with E-state index in [0.29, 0.717) is 30.8 Å². The monoisotopic (exact) mass is 410 g/mol. The molecule has 2 aliphatic rings. The number of benzene rings is 2. The van der Waals surface area contributed by atoms with Crippen LogP contribution in [0, 0.1) is 17.2 Å². The number of urea groups is 1. The minimum absolute atomic E-state index is 0.0236. The molecule has 6 heteroatoms. The molecule has 1 N–H and O–H groups in total. The van der Waals surface area contributed by atoms with Crippen LogP contribution in [0.2, 0.25) is 0 Å². The first-order chi connectivity index (χ1) is 15.1. The van der Waals surface area contributed by atoms with Crippen molar-refractivity contribution in [3.63, 3.8) is 0 Å². The van der Waals surface area contributed by atoms with Gasteiger partial charge in [0.05, 0.1) is 11.6 Å². The van der Waals surface area contributed by atoms with Crippen LogP contribution in [0.15, 0.2) is 71.5 Å². The van der Waals surface area contributed by atoms with Crippen LogP contribution in [-0.2, 0) is 6.54 Å². The highest BCUT2D eigenvalue weighted by atomic mass is 16.2. The number of aromatic nitrogens is 1. The maximum absolute atomic E-state index is 13.3. The van der Waals surface area contributed by atoms with Gasteiger partial charge in [-0.25, -0.2) is 4.79 Å². The van der Waals surface area contributed by atoms with Crippen LogP contribution in [0.25, 0.3) is 11.1 Å². The quantitative estimate of drug-likeness (QED) is 0.693. The second-order valence-corrected chi connectivity index (χ2v) is 8.28.